The number of thiazole rings is 1. The van der Waals surface area contributed by atoms with Crippen LogP contribution in [0, 0.1) is 0 Å². The van der Waals surface area contributed by atoms with Gasteiger partial charge < -0.3 is 9.47 Å². The standard InChI is InChI=1S/C24H29N3O3S/c1-2-19-8-6-11-21-23(19)25-24(31-21)27(13-7-12-26-14-16-29-17-15-26)22(28)18-30-20-9-4-3-5-10-20/h3-6,8-11H,2,7,12-18H2,1H3. The van der Waals surface area contributed by atoms with E-state index >= 15 is 0 Å². The minimum atomic E-state index is -0.0667. The van der Waals surface area contributed by atoms with Gasteiger partial charge in [0.2, 0.25) is 0 Å². The first-order valence-corrected chi connectivity index (χ1v) is 11.7. The van der Waals surface area contributed by atoms with Crippen molar-refractivity contribution in [3.63, 3.8) is 0 Å². The summed E-state index contributed by atoms with van der Waals surface area (Å²) in [5, 5.41) is 0.750. The van der Waals surface area contributed by atoms with Crippen molar-refractivity contribution in [3.8, 4) is 5.75 Å². The molecule has 3 aromatic rings. The van der Waals surface area contributed by atoms with Gasteiger partial charge in [0.05, 0.1) is 23.4 Å². The highest BCUT2D eigenvalue weighted by molar-refractivity contribution is 7.22. The summed E-state index contributed by atoms with van der Waals surface area (Å²) in [4.78, 5) is 22.2. The van der Waals surface area contributed by atoms with Gasteiger partial charge in [-0.3, -0.25) is 14.6 Å². The van der Waals surface area contributed by atoms with Gasteiger partial charge in [0.1, 0.15) is 5.75 Å². The number of aromatic nitrogens is 1. The molecular formula is C24H29N3O3S. The monoisotopic (exact) mass is 439 g/mol. The number of aryl methyl sites for hydroxylation is 1. The normalized spacial score (nSPS) is 14.6. The van der Waals surface area contributed by atoms with Crippen LogP contribution in [0.25, 0.3) is 10.2 Å². The summed E-state index contributed by atoms with van der Waals surface area (Å²) in [6.07, 6.45) is 1.80. The second kappa shape index (κ2) is 10.7. The summed E-state index contributed by atoms with van der Waals surface area (Å²) in [6, 6.07) is 15.7. The highest BCUT2D eigenvalue weighted by Gasteiger charge is 2.21. The Morgan fingerprint density at radius 1 is 1.16 bits per heavy atom. The van der Waals surface area contributed by atoms with Crippen molar-refractivity contribution in [2.75, 3.05) is 50.9 Å². The lowest BCUT2D eigenvalue weighted by Crippen LogP contribution is -2.40. The third kappa shape index (κ3) is 5.61. The Kier molecular flexibility index (Phi) is 7.51. The molecule has 6 nitrogen and oxygen atoms in total. The number of amides is 1. The van der Waals surface area contributed by atoms with E-state index in [1.807, 2.05) is 30.3 Å². The first-order chi connectivity index (χ1) is 15.2. The molecule has 0 bridgehead atoms. The van der Waals surface area contributed by atoms with E-state index < -0.39 is 0 Å². The van der Waals surface area contributed by atoms with Crippen LogP contribution in [0.1, 0.15) is 18.9 Å². The van der Waals surface area contributed by atoms with Crippen molar-refractivity contribution >= 4 is 32.6 Å². The zero-order valence-corrected chi connectivity index (χ0v) is 18.8. The van der Waals surface area contributed by atoms with Crippen LogP contribution in [0.3, 0.4) is 0 Å². The number of nitrogens with zero attached hydrogens (tertiary/aromatic N) is 3. The van der Waals surface area contributed by atoms with Gasteiger partial charge in [-0.1, -0.05) is 48.6 Å². The number of morpholine rings is 1. The van der Waals surface area contributed by atoms with E-state index in [0.29, 0.717) is 12.3 Å². The average Bonchev–Trinajstić information content (AvgIpc) is 3.25. The Morgan fingerprint density at radius 3 is 2.74 bits per heavy atom. The average molecular weight is 440 g/mol. The lowest BCUT2D eigenvalue weighted by atomic mass is 10.1. The van der Waals surface area contributed by atoms with Crippen LogP contribution in [-0.4, -0.2) is 61.8 Å². The maximum absolute atomic E-state index is 13.2. The first kappa shape index (κ1) is 21.7. The maximum atomic E-state index is 13.2. The Labute approximate surface area is 187 Å². The van der Waals surface area contributed by atoms with Crippen LogP contribution in [0.2, 0.25) is 0 Å². The quantitative estimate of drug-likeness (QED) is 0.505. The van der Waals surface area contributed by atoms with Crippen molar-refractivity contribution in [3.05, 3.63) is 54.1 Å². The zero-order valence-electron chi connectivity index (χ0n) is 18.0. The fraction of sp³-hybridized carbons (Fsp3) is 0.417. The van der Waals surface area contributed by atoms with Crippen LogP contribution < -0.4 is 9.64 Å². The number of hydrogen-bond acceptors (Lipinski definition) is 6. The number of carbonyl (C=O) groups is 1. The fourth-order valence-electron chi connectivity index (χ4n) is 3.74. The molecule has 0 spiro atoms. The van der Waals surface area contributed by atoms with E-state index in [0.717, 1.165) is 61.0 Å². The molecular weight excluding hydrogens is 410 g/mol. The third-order valence-corrected chi connectivity index (χ3v) is 6.51. The summed E-state index contributed by atoms with van der Waals surface area (Å²) < 4.78 is 12.3. The molecule has 31 heavy (non-hydrogen) atoms. The van der Waals surface area contributed by atoms with Crippen molar-refractivity contribution < 1.29 is 14.3 Å². The summed E-state index contributed by atoms with van der Waals surface area (Å²) in [6.45, 7) is 7.16. The second-order valence-corrected chi connectivity index (χ2v) is 8.58. The van der Waals surface area contributed by atoms with Gasteiger partial charge in [-0.05, 0) is 36.6 Å². The SMILES string of the molecule is CCc1cccc2sc(N(CCCN3CCOCC3)C(=O)COc3ccccc3)nc12. The van der Waals surface area contributed by atoms with Crippen LogP contribution in [0.4, 0.5) is 5.13 Å². The summed E-state index contributed by atoms with van der Waals surface area (Å²) in [5.74, 6) is 0.629. The van der Waals surface area contributed by atoms with Gasteiger partial charge >= 0.3 is 0 Å². The molecule has 1 amide bonds. The molecule has 0 unspecified atom stereocenters. The van der Waals surface area contributed by atoms with E-state index in [1.165, 1.54) is 5.56 Å². The molecule has 2 heterocycles. The number of rotatable bonds is 9. The second-order valence-electron chi connectivity index (χ2n) is 7.57. The number of hydrogen-bond donors (Lipinski definition) is 0. The molecule has 1 saturated heterocycles. The zero-order chi connectivity index (χ0) is 21.5. The Bertz CT molecular complexity index is 986. The minimum Gasteiger partial charge on any atom is -0.484 e. The molecule has 0 atom stereocenters. The largest absolute Gasteiger partial charge is 0.484 e. The fourth-order valence-corrected chi connectivity index (χ4v) is 4.80. The summed E-state index contributed by atoms with van der Waals surface area (Å²) in [5.41, 5.74) is 2.21. The van der Waals surface area contributed by atoms with Crippen LogP contribution >= 0.6 is 11.3 Å². The predicted octanol–water partition coefficient (Wildman–Crippen LogP) is 3.99. The Morgan fingerprint density at radius 2 is 1.97 bits per heavy atom. The highest BCUT2D eigenvalue weighted by Crippen LogP contribution is 2.31. The molecule has 1 fully saturated rings. The highest BCUT2D eigenvalue weighted by atomic mass is 32.1. The van der Waals surface area contributed by atoms with E-state index in [4.69, 9.17) is 14.5 Å². The smallest absolute Gasteiger partial charge is 0.266 e. The van der Waals surface area contributed by atoms with Crippen LogP contribution in [-0.2, 0) is 16.0 Å². The summed E-state index contributed by atoms with van der Waals surface area (Å²) >= 11 is 1.58. The topological polar surface area (TPSA) is 54.9 Å². The number of anilines is 1. The van der Waals surface area contributed by atoms with E-state index in [1.54, 1.807) is 16.2 Å². The number of para-hydroxylation sites is 2. The molecule has 0 saturated carbocycles. The van der Waals surface area contributed by atoms with Gasteiger partial charge in [0, 0.05) is 26.2 Å². The number of fused-ring (bicyclic) bond motifs is 1. The molecule has 0 N–H and O–H groups in total. The van der Waals surface area contributed by atoms with Gasteiger partial charge in [-0.15, -0.1) is 0 Å². The third-order valence-electron chi connectivity index (χ3n) is 5.47. The molecule has 0 radical (unpaired) electrons. The summed E-state index contributed by atoms with van der Waals surface area (Å²) in [7, 11) is 0. The molecule has 0 aliphatic carbocycles. The van der Waals surface area contributed by atoms with E-state index in [2.05, 4.69) is 30.0 Å². The minimum absolute atomic E-state index is 0.00186. The lowest BCUT2D eigenvalue weighted by Gasteiger charge is -2.27. The van der Waals surface area contributed by atoms with Crippen LogP contribution in [0.5, 0.6) is 5.75 Å². The van der Waals surface area contributed by atoms with Gasteiger partial charge in [0.25, 0.3) is 5.91 Å². The van der Waals surface area contributed by atoms with Crippen molar-refractivity contribution in [2.24, 2.45) is 0 Å². The molecule has 1 aliphatic rings. The van der Waals surface area contributed by atoms with Crippen molar-refractivity contribution in [2.45, 2.75) is 19.8 Å². The first-order valence-electron chi connectivity index (χ1n) is 10.9. The number of benzene rings is 2. The van der Waals surface area contributed by atoms with E-state index in [9.17, 15) is 4.79 Å². The number of carbonyl (C=O) groups excluding carboxylic acids is 1. The molecule has 2 aromatic carbocycles. The Balaban J connectivity index is 1.49. The molecule has 7 heteroatoms. The lowest BCUT2D eigenvalue weighted by molar-refractivity contribution is -0.120. The van der Waals surface area contributed by atoms with Crippen LogP contribution in [0.15, 0.2) is 48.5 Å². The molecule has 1 aromatic heterocycles. The van der Waals surface area contributed by atoms with Gasteiger partial charge in [0.15, 0.2) is 11.7 Å². The molecule has 4 rings (SSSR count). The van der Waals surface area contributed by atoms with Crippen molar-refractivity contribution in [1.29, 1.82) is 0 Å². The molecule has 164 valence electrons. The van der Waals surface area contributed by atoms with Gasteiger partial charge in [-0.25, -0.2) is 4.98 Å². The maximum Gasteiger partial charge on any atom is 0.266 e. The Hall–Kier alpha value is -2.48. The predicted molar refractivity (Wildman–Crippen MR) is 125 cm³/mol. The number of ether oxygens (including phenoxy) is 2. The molecule has 1 aliphatic heterocycles. The van der Waals surface area contributed by atoms with Gasteiger partial charge in [-0.2, -0.15) is 0 Å². The van der Waals surface area contributed by atoms with E-state index in [-0.39, 0.29) is 12.5 Å². The van der Waals surface area contributed by atoms with Crippen molar-refractivity contribution in [1.82, 2.24) is 9.88 Å².